The van der Waals surface area contributed by atoms with Crippen molar-refractivity contribution in [2.75, 3.05) is 13.2 Å². The largest absolute Gasteiger partial charge is 0.381 e. The Hall–Kier alpha value is -0.580. The van der Waals surface area contributed by atoms with E-state index in [0.29, 0.717) is 0 Å². The number of hydrogen-bond donors (Lipinski definition) is 1. The Morgan fingerprint density at radius 2 is 1.82 bits per heavy atom. The van der Waals surface area contributed by atoms with Gasteiger partial charge in [0, 0.05) is 13.2 Å². The number of thiol groups is 1. The minimum Gasteiger partial charge on any atom is -0.381 e. The lowest BCUT2D eigenvalue weighted by atomic mass is 10.3. The molecule has 2 nitrogen and oxygen atoms in total. The van der Waals surface area contributed by atoms with Crippen LogP contribution in [-0.2, 0) is 4.74 Å². The summed E-state index contributed by atoms with van der Waals surface area (Å²) in [6.07, 6.45) is 2.28. The van der Waals surface area contributed by atoms with E-state index in [1.165, 1.54) is 4.70 Å². The fourth-order valence-corrected chi connectivity index (χ4v) is 2.36. The van der Waals surface area contributed by atoms with Crippen molar-refractivity contribution in [3.63, 3.8) is 0 Å². The maximum atomic E-state index is 5.13. The summed E-state index contributed by atoms with van der Waals surface area (Å²) in [4.78, 5) is 4.20. The summed E-state index contributed by atoms with van der Waals surface area (Å²) < 4.78 is 7.17. The predicted octanol–water partition coefficient (Wildman–Crippen LogP) is 4.41. The highest BCUT2D eigenvalue weighted by molar-refractivity contribution is 7.82. The average molecular weight is 269 g/mol. The second-order valence-corrected chi connectivity index (χ2v) is 5.33. The number of fused-ring (bicyclic) bond motifs is 1. The van der Waals surface area contributed by atoms with Crippen LogP contribution in [0.5, 0.6) is 0 Å². The first-order valence-corrected chi connectivity index (χ1v) is 7.16. The van der Waals surface area contributed by atoms with Gasteiger partial charge in [0.25, 0.3) is 0 Å². The third-order valence-corrected chi connectivity index (χ3v) is 3.19. The Balaban J connectivity index is 0.000000185. The third kappa shape index (κ3) is 5.52. The van der Waals surface area contributed by atoms with Gasteiger partial charge in [-0.05, 0) is 25.0 Å². The molecule has 0 saturated heterocycles. The van der Waals surface area contributed by atoms with Gasteiger partial charge >= 0.3 is 0 Å². The molecule has 0 bridgehead atoms. The van der Waals surface area contributed by atoms with E-state index in [1.807, 2.05) is 24.3 Å². The summed E-state index contributed by atoms with van der Waals surface area (Å²) in [6.45, 7) is 6.09. The highest BCUT2D eigenvalue weighted by atomic mass is 32.2. The van der Waals surface area contributed by atoms with Crippen LogP contribution in [0.3, 0.4) is 0 Å². The standard InChI is InChI=1S/C7H5NS2.C6H14O/c9-7-8-5-3-1-2-4-6(5)10-7;1-3-5-7-6-4-2/h1-4H,(H,8,9);3-6H2,1-2H3. The SMILES string of the molecule is CCCOCCC.Sc1nc2ccccc2s1. The zero-order valence-electron chi connectivity index (χ0n) is 10.3. The smallest absolute Gasteiger partial charge is 0.148 e. The first-order valence-electron chi connectivity index (χ1n) is 5.90. The van der Waals surface area contributed by atoms with Crippen molar-refractivity contribution in [3.8, 4) is 0 Å². The molecule has 4 heteroatoms. The molecule has 0 aliphatic heterocycles. The van der Waals surface area contributed by atoms with Gasteiger partial charge < -0.3 is 4.74 Å². The number of hydrogen-bond acceptors (Lipinski definition) is 4. The van der Waals surface area contributed by atoms with Crippen molar-refractivity contribution in [1.29, 1.82) is 0 Å². The van der Waals surface area contributed by atoms with E-state index in [1.54, 1.807) is 11.3 Å². The van der Waals surface area contributed by atoms with Gasteiger partial charge in [-0.25, -0.2) is 4.98 Å². The first-order chi connectivity index (χ1) is 8.27. The number of rotatable bonds is 4. The first kappa shape index (κ1) is 14.5. The van der Waals surface area contributed by atoms with Gasteiger partial charge in [-0.3, -0.25) is 0 Å². The molecule has 0 aliphatic carbocycles. The van der Waals surface area contributed by atoms with Gasteiger partial charge in [-0.2, -0.15) is 0 Å². The summed E-state index contributed by atoms with van der Waals surface area (Å²) >= 11 is 5.76. The molecule has 1 aromatic carbocycles. The zero-order valence-corrected chi connectivity index (χ0v) is 12.1. The molecule has 94 valence electrons. The predicted molar refractivity (Wildman–Crippen MR) is 78.3 cm³/mol. The Morgan fingerprint density at radius 3 is 2.41 bits per heavy atom. The highest BCUT2D eigenvalue weighted by Crippen LogP contribution is 2.23. The van der Waals surface area contributed by atoms with Crippen molar-refractivity contribution >= 4 is 34.2 Å². The van der Waals surface area contributed by atoms with Gasteiger partial charge in [0.1, 0.15) is 4.34 Å². The lowest BCUT2D eigenvalue weighted by Crippen LogP contribution is -1.92. The monoisotopic (exact) mass is 269 g/mol. The number of para-hydroxylation sites is 1. The number of ether oxygens (including phenoxy) is 1. The number of benzene rings is 1. The highest BCUT2D eigenvalue weighted by Gasteiger charge is 1.96. The van der Waals surface area contributed by atoms with Crippen molar-refractivity contribution in [1.82, 2.24) is 4.98 Å². The quantitative estimate of drug-likeness (QED) is 0.656. The molecule has 1 aromatic heterocycles. The van der Waals surface area contributed by atoms with Crippen LogP contribution in [0.4, 0.5) is 0 Å². The van der Waals surface area contributed by atoms with E-state index in [9.17, 15) is 0 Å². The summed E-state index contributed by atoms with van der Waals surface area (Å²) in [5.41, 5.74) is 1.04. The Bertz CT molecular complexity index is 391. The average Bonchev–Trinajstić information content (AvgIpc) is 2.70. The lowest BCUT2D eigenvalue weighted by molar-refractivity contribution is 0.135. The maximum absolute atomic E-state index is 5.13. The molecule has 0 radical (unpaired) electrons. The van der Waals surface area contributed by atoms with Crippen molar-refractivity contribution in [2.45, 2.75) is 31.0 Å². The lowest BCUT2D eigenvalue weighted by Gasteiger charge is -1.95. The van der Waals surface area contributed by atoms with Crippen LogP contribution < -0.4 is 0 Å². The fraction of sp³-hybridized carbons (Fsp3) is 0.462. The molecule has 0 atom stereocenters. The van der Waals surface area contributed by atoms with E-state index in [4.69, 9.17) is 4.74 Å². The van der Waals surface area contributed by atoms with Crippen LogP contribution >= 0.6 is 24.0 Å². The van der Waals surface area contributed by atoms with E-state index in [2.05, 4.69) is 31.5 Å². The van der Waals surface area contributed by atoms with Crippen molar-refractivity contribution < 1.29 is 4.74 Å². The van der Waals surface area contributed by atoms with Gasteiger partial charge in [0.15, 0.2) is 0 Å². The van der Waals surface area contributed by atoms with Crippen LogP contribution in [0.15, 0.2) is 28.6 Å². The van der Waals surface area contributed by atoms with Crippen LogP contribution in [0, 0.1) is 0 Å². The van der Waals surface area contributed by atoms with Crippen molar-refractivity contribution in [2.24, 2.45) is 0 Å². The molecular formula is C13H19NOS2. The molecule has 0 N–H and O–H groups in total. The summed E-state index contributed by atoms with van der Waals surface area (Å²) in [7, 11) is 0. The molecule has 0 spiro atoms. The summed E-state index contributed by atoms with van der Waals surface area (Å²) in [5.74, 6) is 0. The summed E-state index contributed by atoms with van der Waals surface area (Å²) in [6, 6.07) is 8.03. The van der Waals surface area contributed by atoms with Gasteiger partial charge in [0.2, 0.25) is 0 Å². The van der Waals surface area contributed by atoms with E-state index in [-0.39, 0.29) is 0 Å². The molecule has 0 fully saturated rings. The van der Waals surface area contributed by atoms with Crippen LogP contribution in [-0.4, -0.2) is 18.2 Å². The molecular weight excluding hydrogens is 250 g/mol. The zero-order chi connectivity index (χ0) is 12.5. The van der Waals surface area contributed by atoms with E-state index >= 15 is 0 Å². The van der Waals surface area contributed by atoms with Crippen molar-refractivity contribution in [3.05, 3.63) is 24.3 Å². The van der Waals surface area contributed by atoms with Crippen LogP contribution in [0.1, 0.15) is 26.7 Å². The van der Waals surface area contributed by atoms with E-state index in [0.717, 1.165) is 35.9 Å². The molecule has 2 rings (SSSR count). The van der Waals surface area contributed by atoms with Gasteiger partial charge in [-0.1, -0.05) is 26.0 Å². The van der Waals surface area contributed by atoms with E-state index < -0.39 is 0 Å². The normalized spacial score (nSPS) is 10.1. The summed E-state index contributed by atoms with van der Waals surface area (Å²) in [5, 5.41) is 0. The molecule has 17 heavy (non-hydrogen) atoms. The third-order valence-electron chi connectivity index (χ3n) is 1.98. The minimum atomic E-state index is 0.834. The molecule has 0 aliphatic rings. The Kier molecular flexibility index (Phi) is 7.24. The minimum absolute atomic E-state index is 0.834. The fourth-order valence-electron chi connectivity index (χ4n) is 1.25. The molecule has 0 amide bonds. The van der Waals surface area contributed by atoms with Gasteiger partial charge in [-0.15, -0.1) is 24.0 Å². The molecule has 0 saturated carbocycles. The van der Waals surface area contributed by atoms with Crippen LogP contribution in [0.2, 0.25) is 0 Å². The Morgan fingerprint density at radius 1 is 1.18 bits per heavy atom. The molecule has 1 heterocycles. The second kappa shape index (κ2) is 8.50. The number of thiazole rings is 1. The second-order valence-electron chi connectivity index (χ2n) is 3.58. The number of nitrogens with zero attached hydrogens (tertiary/aromatic N) is 1. The molecule has 2 aromatic rings. The Labute approximate surface area is 112 Å². The van der Waals surface area contributed by atoms with Gasteiger partial charge in [0.05, 0.1) is 10.2 Å². The maximum Gasteiger partial charge on any atom is 0.148 e. The molecule has 0 unspecified atom stereocenters. The topological polar surface area (TPSA) is 22.1 Å². The number of aromatic nitrogens is 1. The van der Waals surface area contributed by atoms with Crippen LogP contribution in [0.25, 0.3) is 10.2 Å².